The highest BCUT2D eigenvalue weighted by Gasteiger charge is 2.43. The Hall–Kier alpha value is -2.80. The van der Waals surface area contributed by atoms with Crippen molar-refractivity contribution in [3.8, 4) is 0 Å². The minimum atomic E-state index is -1.09. The summed E-state index contributed by atoms with van der Waals surface area (Å²) in [7, 11) is 0. The number of nitrogens with zero attached hydrogens (tertiary/aromatic N) is 1. The first-order valence-electron chi connectivity index (χ1n) is 8.46. The predicted molar refractivity (Wildman–Crippen MR) is 105 cm³/mol. The van der Waals surface area contributed by atoms with Crippen molar-refractivity contribution in [3.63, 3.8) is 0 Å². The molecule has 1 aliphatic heterocycles. The van der Waals surface area contributed by atoms with E-state index in [1.807, 2.05) is 30.3 Å². The molecule has 0 saturated heterocycles. The number of thioether (sulfide) groups is 1. The van der Waals surface area contributed by atoms with Crippen LogP contribution in [0.1, 0.15) is 13.8 Å². The number of para-hydroxylation sites is 2. The average Bonchev–Trinajstić information content (AvgIpc) is 2.66. The molecule has 2 amide bonds. The second-order valence-corrected chi connectivity index (χ2v) is 7.57. The molecule has 0 unspecified atom stereocenters. The first-order valence-corrected chi connectivity index (χ1v) is 9.45. The van der Waals surface area contributed by atoms with E-state index in [4.69, 9.17) is 4.74 Å². The summed E-state index contributed by atoms with van der Waals surface area (Å²) in [6.07, 6.45) is 0. The van der Waals surface area contributed by atoms with Gasteiger partial charge < -0.3 is 10.1 Å². The molecule has 7 heteroatoms. The van der Waals surface area contributed by atoms with Gasteiger partial charge in [-0.25, -0.2) is 0 Å². The number of hydrogen-bond acceptors (Lipinski definition) is 5. The summed E-state index contributed by atoms with van der Waals surface area (Å²) in [6, 6.07) is 16.5. The van der Waals surface area contributed by atoms with Crippen molar-refractivity contribution in [2.24, 2.45) is 0 Å². The van der Waals surface area contributed by atoms with E-state index in [0.29, 0.717) is 11.4 Å². The van der Waals surface area contributed by atoms with Gasteiger partial charge in [0.05, 0.1) is 17.1 Å². The molecule has 0 radical (unpaired) electrons. The summed E-state index contributed by atoms with van der Waals surface area (Å²) < 4.78 is 5.14. The maximum absolute atomic E-state index is 12.8. The van der Waals surface area contributed by atoms with E-state index < -0.39 is 24.0 Å². The number of hydrogen-bond donors (Lipinski definition) is 1. The van der Waals surface area contributed by atoms with Crippen LogP contribution >= 0.6 is 11.8 Å². The van der Waals surface area contributed by atoms with Gasteiger partial charge in [-0.1, -0.05) is 30.3 Å². The third kappa shape index (κ3) is 4.14. The van der Waals surface area contributed by atoms with Crippen LogP contribution in [-0.2, 0) is 19.1 Å². The molecule has 3 rings (SSSR count). The van der Waals surface area contributed by atoms with E-state index in [9.17, 15) is 14.4 Å². The van der Waals surface area contributed by atoms with Crippen molar-refractivity contribution < 1.29 is 19.1 Å². The molecule has 1 N–H and O–H groups in total. The molecule has 0 saturated carbocycles. The molecular weight excluding hydrogens is 364 g/mol. The average molecular weight is 384 g/mol. The summed E-state index contributed by atoms with van der Waals surface area (Å²) in [4.78, 5) is 39.5. The number of carbonyl (C=O) groups excluding carboxylic acids is 3. The Labute approximate surface area is 161 Å². The van der Waals surface area contributed by atoms with Crippen molar-refractivity contribution in [2.45, 2.75) is 24.3 Å². The molecule has 0 spiro atoms. The number of esters is 1. The number of benzene rings is 2. The number of carbonyl (C=O) groups is 3. The topological polar surface area (TPSA) is 75.7 Å². The highest BCUT2D eigenvalue weighted by atomic mass is 32.2. The Morgan fingerprint density at radius 3 is 2.48 bits per heavy atom. The van der Waals surface area contributed by atoms with Crippen LogP contribution in [0.15, 0.2) is 59.5 Å². The zero-order valence-electron chi connectivity index (χ0n) is 15.1. The van der Waals surface area contributed by atoms with E-state index in [0.717, 1.165) is 4.90 Å². The first-order chi connectivity index (χ1) is 12.9. The van der Waals surface area contributed by atoms with Crippen LogP contribution in [0.4, 0.5) is 11.4 Å². The van der Waals surface area contributed by atoms with E-state index in [1.165, 1.54) is 16.7 Å². The fourth-order valence-electron chi connectivity index (χ4n) is 2.81. The Bertz CT molecular complexity index is 867. The van der Waals surface area contributed by atoms with Gasteiger partial charge in [-0.05, 0) is 38.1 Å². The second-order valence-electron chi connectivity index (χ2n) is 6.52. The molecule has 1 aliphatic rings. The van der Waals surface area contributed by atoms with Crippen LogP contribution in [0, 0.1) is 0 Å². The molecule has 0 fully saturated rings. The number of ether oxygens (including phenoxy) is 1. The lowest BCUT2D eigenvalue weighted by Crippen LogP contribution is -2.59. The third-order valence-corrected chi connectivity index (χ3v) is 5.20. The zero-order chi connectivity index (χ0) is 19.4. The summed E-state index contributed by atoms with van der Waals surface area (Å²) in [5, 5.41) is 2.79. The molecule has 0 aromatic heterocycles. The first kappa shape index (κ1) is 19.0. The Morgan fingerprint density at radius 1 is 1.07 bits per heavy atom. The fourth-order valence-corrected chi connectivity index (χ4v) is 3.52. The van der Waals surface area contributed by atoms with E-state index in [1.54, 1.807) is 38.1 Å². The molecule has 1 heterocycles. The van der Waals surface area contributed by atoms with E-state index in [2.05, 4.69) is 5.32 Å². The maximum Gasteiger partial charge on any atom is 0.316 e. The van der Waals surface area contributed by atoms with Gasteiger partial charge in [0, 0.05) is 4.90 Å². The standard InChI is InChI=1S/C20H20N2O4S/c1-20(2)19(25)21-15-10-6-7-11-16(15)22(20)17(23)12-26-18(24)13-27-14-8-4-3-5-9-14/h3-11H,12-13H2,1-2H3,(H,21,25). The number of anilines is 2. The Morgan fingerprint density at radius 2 is 1.74 bits per heavy atom. The van der Waals surface area contributed by atoms with Gasteiger partial charge in [0.2, 0.25) is 5.91 Å². The quantitative estimate of drug-likeness (QED) is 0.633. The summed E-state index contributed by atoms with van der Waals surface area (Å²) in [5.41, 5.74) is 0.0549. The highest BCUT2D eigenvalue weighted by Crippen LogP contribution is 2.36. The van der Waals surface area contributed by atoms with Crippen molar-refractivity contribution in [1.29, 1.82) is 0 Å². The van der Waals surface area contributed by atoms with Gasteiger partial charge in [0.15, 0.2) is 6.61 Å². The summed E-state index contributed by atoms with van der Waals surface area (Å²) >= 11 is 1.34. The van der Waals surface area contributed by atoms with Gasteiger partial charge in [0.25, 0.3) is 5.91 Å². The lowest BCUT2D eigenvalue weighted by molar-refractivity contribution is -0.145. The van der Waals surface area contributed by atoms with Crippen LogP contribution < -0.4 is 10.2 Å². The SMILES string of the molecule is CC1(C)C(=O)Nc2ccccc2N1C(=O)COC(=O)CSc1ccccc1. The minimum Gasteiger partial charge on any atom is -0.455 e. The molecule has 140 valence electrons. The molecule has 0 atom stereocenters. The van der Waals surface area contributed by atoms with Crippen LogP contribution in [0.3, 0.4) is 0 Å². The van der Waals surface area contributed by atoms with Gasteiger partial charge in [-0.2, -0.15) is 0 Å². The lowest BCUT2D eigenvalue weighted by Gasteiger charge is -2.41. The minimum absolute atomic E-state index is 0.109. The lowest BCUT2D eigenvalue weighted by atomic mass is 9.96. The van der Waals surface area contributed by atoms with Gasteiger partial charge in [-0.3, -0.25) is 19.3 Å². The summed E-state index contributed by atoms with van der Waals surface area (Å²) in [5.74, 6) is -1.11. The molecule has 0 aliphatic carbocycles. The number of nitrogens with one attached hydrogen (secondary N) is 1. The maximum atomic E-state index is 12.8. The van der Waals surface area contributed by atoms with E-state index >= 15 is 0 Å². The smallest absolute Gasteiger partial charge is 0.316 e. The van der Waals surface area contributed by atoms with Crippen LogP contribution in [0.5, 0.6) is 0 Å². The molecular formula is C20H20N2O4S. The zero-order valence-corrected chi connectivity index (χ0v) is 15.9. The number of amides is 2. The van der Waals surface area contributed by atoms with Crippen molar-refractivity contribution in [1.82, 2.24) is 0 Å². The molecule has 6 nitrogen and oxygen atoms in total. The van der Waals surface area contributed by atoms with Gasteiger partial charge >= 0.3 is 5.97 Å². The Balaban J connectivity index is 1.64. The molecule has 2 aromatic carbocycles. The molecule has 2 aromatic rings. The third-order valence-electron chi connectivity index (χ3n) is 4.21. The van der Waals surface area contributed by atoms with Crippen molar-refractivity contribution in [3.05, 3.63) is 54.6 Å². The van der Waals surface area contributed by atoms with Gasteiger partial charge in [-0.15, -0.1) is 11.8 Å². The predicted octanol–water partition coefficient (Wildman–Crippen LogP) is 3.09. The number of fused-ring (bicyclic) bond motifs is 1. The molecule has 27 heavy (non-hydrogen) atoms. The molecule has 0 bridgehead atoms. The largest absolute Gasteiger partial charge is 0.455 e. The number of rotatable bonds is 5. The van der Waals surface area contributed by atoms with Crippen LogP contribution in [0.2, 0.25) is 0 Å². The van der Waals surface area contributed by atoms with Gasteiger partial charge in [0.1, 0.15) is 5.54 Å². The summed E-state index contributed by atoms with van der Waals surface area (Å²) in [6.45, 7) is 2.89. The van der Waals surface area contributed by atoms with E-state index in [-0.39, 0.29) is 11.7 Å². The fraction of sp³-hybridized carbons (Fsp3) is 0.250. The normalized spacial score (nSPS) is 14.9. The Kier molecular flexibility index (Phi) is 5.51. The van der Waals surface area contributed by atoms with Crippen molar-refractivity contribution in [2.75, 3.05) is 22.6 Å². The van der Waals surface area contributed by atoms with Crippen LogP contribution in [-0.4, -0.2) is 35.7 Å². The second kappa shape index (κ2) is 7.84. The monoisotopic (exact) mass is 384 g/mol. The van der Waals surface area contributed by atoms with Crippen molar-refractivity contribution >= 4 is 40.9 Å². The highest BCUT2D eigenvalue weighted by molar-refractivity contribution is 8.00. The van der Waals surface area contributed by atoms with Crippen LogP contribution in [0.25, 0.3) is 0 Å².